The van der Waals surface area contributed by atoms with Crippen molar-refractivity contribution in [3.05, 3.63) is 18.2 Å². The lowest BCUT2D eigenvalue weighted by molar-refractivity contribution is 0.0609. The third-order valence-corrected chi connectivity index (χ3v) is 5.47. The van der Waals surface area contributed by atoms with E-state index < -0.39 is 6.17 Å². The molecule has 2 aliphatic rings. The summed E-state index contributed by atoms with van der Waals surface area (Å²) in [5, 5.41) is 3.64. The van der Waals surface area contributed by atoms with Crippen molar-refractivity contribution in [2.75, 3.05) is 26.3 Å². The molecule has 5 nitrogen and oxygen atoms in total. The Kier molecular flexibility index (Phi) is 6.25. The summed E-state index contributed by atoms with van der Waals surface area (Å²) in [4.78, 5) is 6.62. The van der Waals surface area contributed by atoms with Crippen molar-refractivity contribution in [3.63, 3.8) is 0 Å². The average molecular weight is 338 g/mol. The third-order valence-electron chi connectivity index (χ3n) is 5.47. The standard InChI is InChI=1S/C18H31FN4O/c1-14(9-15-3-7-24-8-4-15)21-11-17-10-16(19)12-23(17)13-18-20-5-6-22(18)2/h5-6,14-17,21H,3-4,7-13H2,1-2H3/t14?,16-,17-/m0/s1. The Morgan fingerprint density at radius 3 is 2.92 bits per heavy atom. The van der Waals surface area contributed by atoms with Gasteiger partial charge in [0.2, 0.25) is 0 Å². The first-order valence-electron chi connectivity index (χ1n) is 9.27. The molecule has 24 heavy (non-hydrogen) atoms. The van der Waals surface area contributed by atoms with Gasteiger partial charge in [-0.15, -0.1) is 0 Å². The second-order valence-corrected chi connectivity index (χ2v) is 7.47. The van der Waals surface area contributed by atoms with Crippen LogP contribution in [0.5, 0.6) is 0 Å². The molecule has 136 valence electrons. The van der Waals surface area contributed by atoms with Crippen molar-refractivity contribution in [1.82, 2.24) is 19.8 Å². The van der Waals surface area contributed by atoms with E-state index in [0.29, 0.717) is 19.0 Å². The van der Waals surface area contributed by atoms with Crippen molar-refractivity contribution in [2.45, 2.75) is 57.4 Å². The van der Waals surface area contributed by atoms with Crippen LogP contribution in [-0.4, -0.2) is 59.0 Å². The zero-order chi connectivity index (χ0) is 16.9. The molecule has 2 aliphatic heterocycles. The van der Waals surface area contributed by atoms with Crippen LogP contribution in [0.3, 0.4) is 0 Å². The summed E-state index contributed by atoms with van der Waals surface area (Å²) in [5.41, 5.74) is 0. The molecule has 2 fully saturated rings. The number of rotatable bonds is 7. The molecule has 2 saturated heterocycles. The quantitative estimate of drug-likeness (QED) is 0.827. The molecule has 3 atom stereocenters. The normalized spacial score (nSPS) is 27.6. The van der Waals surface area contributed by atoms with Gasteiger partial charge in [0.1, 0.15) is 12.0 Å². The van der Waals surface area contributed by atoms with Crippen LogP contribution in [0.15, 0.2) is 12.4 Å². The summed E-state index contributed by atoms with van der Waals surface area (Å²) in [6, 6.07) is 0.732. The summed E-state index contributed by atoms with van der Waals surface area (Å²) in [7, 11) is 1.99. The van der Waals surface area contributed by atoms with Gasteiger partial charge < -0.3 is 14.6 Å². The van der Waals surface area contributed by atoms with Gasteiger partial charge >= 0.3 is 0 Å². The number of alkyl halides is 1. The number of hydrogen-bond donors (Lipinski definition) is 1. The maximum atomic E-state index is 13.9. The first-order valence-corrected chi connectivity index (χ1v) is 9.27. The van der Waals surface area contributed by atoms with Crippen molar-refractivity contribution in [2.24, 2.45) is 13.0 Å². The Hall–Kier alpha value is -0.980. The molecule has 0 radical (unpaired) electrons. The van der Waals surface area contributed by atoms with Crippen LogP contribution in [0.25, 0.3) is 0 Å². The van der Waals surface area contributed by atoms with Crippen molar-refractivity contribution in [1.29, 1.82) is 0 Å². The highest BCUT2D eigenvalue weighted by Crippen LogP contribution is 2.23. The van der Waals surface area contributed by atoms with Gasteiger partial charge in [-0.25, -0.2) is 9.37 Å². The van der Waals surface area contributed by atoms with E-state index in [-0.39, 0.29) is 6.04 Å². The molecule has 0 aromatic carbocycles. The van der Waals surface area contributed by atoms with Crippen LogP contribution in [-0.2, 0) is 18.3 Å². The Balaban J connectivity index is 1.46. The summed E-state index contributed by atoms with van der Waals surface area (Å²) >= 11 is 0. The lowest BCUT2D eigenvalue weighted by Crippen LogP contribution is -2.41. The molecule has 6 heteroatoms. The molecule has 0 aliphatic carbocycles. The molecule has 0 bridgehead atoms. The zero-order valence-corrected chi connectivity index (χ0v) is 15.0. The minimum absolute atomic E-state index is 0.258. The first kappa shape index (κ1) is 17.8. The van der Waals surface area contributed by atoms with Gasteiger partial charge in [-0.3, -0.25) is 4.90 Å². The molecule has 0 saturated carbocycles. The largest absolute Gasteiger partial charge is 0.381 e. The predicted octanol–water partition coefficient (Wildman–Crippen LogP) is 2.13. The number of aryl methyl sites for hydroxylation is 1. The Morgan fingerprint density at radius 1 is 1.42 bits per heavy atom. The maximum absolute atomic E-state index is 13.9. The van der Waals surface area contributed by atoms with Gasteiger partial charge in [0.25, 0.3) is 0 Å². The second-order valence-electron chi connectivity index (χ2n) is 7.47. The van der Waals surface area contributed by atoms with E-state index in [2.05, 4.69) is 22.1 Å². The van der Waals surface area contributed by atoms with E-state index in [4.69, 9.17) is 4.74 Å². The fraction of sp³-hybridized carbons (Fsp3) is 0.833. The Morgan fingerprint density at radius 2 is 2.21 bits per heavy atom. The molecule has 3 heterocycles. The van der Waals surface area contributed by atoms with E-state index in [1.807, 2.05) is 24.0 Å². The number of nitrogens with one attached hydrogen (secondary N) is 1. The summed E-state index contributed by atoms with van der Waals surface area (Å²) in [6.45, 7) is 6.16. The van der Waals surface area contributed by atoms with Crippen LogP contribution in [0, 0.1) is 5.92 Å². The molecule has 1 N–H and O–H groups in total. The molecule has 1 unspecified atom stereocenters. The van der Waals surface area contributed by atoms with Crippen LogP contribution in [0.2, 0.25) is 0 Å². The van der Waals surface area contributed by atoms with E-state index in [9.17, 15) is 4.39 Å². The Bertz CT molecular complexity index is 503. The molecular formula is C18H31FN4O. The maximum Gasteiger partial charge on any atom is 0.122 e. The smallest absolute Gasteiger partial charge is 0.122 e. The molecule has 1 aromatic heterocycles. The topological polar surface area (TPSA) is 42.3 Å². The number of likely N-dealkylation sites (tertiary alicyclic amines) is 1. The van der Waals surface area contributed by atoms with Crippen molar-refractivity contribution >= 4 is 0 Å². The van der Waals surface area contributed by atoms with E-state index in [1.54, 1.807) is 0 Å². The molecule has 0 amide bonds. The van der Waals surface area contributed by atoms with Gasteiger partial charge in [0.15, 0.2) is 0 Å². The van der Waals surface area contributed by atoms with Gasteiger partial charge in [0.05, 0.1) is 6.54 Å². The van der Waals surface area contributed by atoms with Crippen LogP contribution in [0.4, 0.5) is 4.39 Å². The number of ether oxygens (including phenoxy) is 1. The minimum Gasteiger partial charge on any atom is -0.381 e. The lowest BCUT2D eigenvalue weighted by Gasteiger charge is -2.28. The SMILES string of the molecule is CC(CC1CCOCC1)NC[C@@H]1C[C@H](F)CN1Cc1nccn1C. The zero-order valence-electron chi connectivity index (χ0n) is 15.0. The first-order chi connectivity index (χ1) is 11.6. The Labute approximate surface area is 144 Å². The number of halogens is 1. The number of aromatic nitrogens is 2. The van der Waals surface area contributed by atoms with Crippen LogP contribution >= 0.6 is 0 Å². The van der Waals surface area contributed by atoms with Gasteiger partial charge in [-0.05, 0) is 38.5 Å². The predicted molar refractivity (Wildman–Crippen MR) is 92.5 cm³/mol. The van der Waals surface area contributed by atoms with Gasteiger partial charge in [-0.2, -0.15) is 0 Å². The average Bonchev–Trinajstić information content (AvgIpc) is 3.12. The highest BCUT2D eigenvalue weighted by Gasteiger charge is 2.32. The monoisotopic (exact) mass is 338 g/mol. The van der Waals surface area contributed by atoms with Crippen LogP contribution < -0.4 is 5.32 Å². The van der Waals surface area contributed by atoms with E-state index in [1.165, 1.54) is 19.3 Å². The van der Waals surface area contributed by atoms with Gasteiger partial charge in [-0.1, -0.05) is 0 Å². The third kappa shape index (κ3) is 4.77. The van der Waals surface area contributed by atoms with Crippen LogP contribution in [0.1, 0.15) is 38.4 Å². The molecular weight excluding hydrogens is 307 g/mol. The summed E-state index contributed by atoms with van der Waals surface area (Å²) in [5.74, 6) is 1.77. The number of hydrogen-bond acceptors (Lipinski definition) is 4. The van der Waals surface area contributed by atoms with Gasteiger partial charge in [0, 0.05) is 57.8 Å². The molecule has 1 aromatic rings. The summed E-state index contributed by atoms with van der Waals surface area (Å²) < 4.78 is 21.4. The highest BCUT2D eigenvalue weighted by atomic mass is 19.1. The fourth-order valence-electron chi connectivity index (χ4n) is 3.96. The minimum atomic E-state index is -0.720. The number of imidazole rings is 1. The summed E-state index contributed by atoms with van der Waals surface area (Å²) in [6.07, 6.45) is 7.20. The highest BCUT2D eigenvalue weighted by molar-refractivity contribution is 4.95. The second kappa shape index (κ2) is 8.41. The van der Waals surface area contributed by atoms with E-state index >= 15 is 0 Å². The van der Waals surface area contributed by atoms with E-state index in [0.717, 1.165) is 38.0 Å². The van der Waals surface area contributed by atoms with Crippen molar-refractivity contribution < 1.29 is 9.13 Å². The fourth-order valence-corrected chi connectivity index (χ4v) is 3.96. The lowest BCUT2D eigenvalue weighted by atomic mass is 9.93. The molecule has 0 spiro atoms. The number of nitrogens with zero attached hydrogens (tertiary/aromatic N) is 3. The van der Waals surface area contributed by atoms with Crippen molar-refractivity contribution in [3.8, 4) is 0 Å². The molecule has 3 rings (SSSR count).